The van der Waals surface area contributed by atoms with Crippen LogP contribution in [0, 0.1) is 0 Å². The van der Waals surface area contributed by atoms with Crippen molar-refractivity contribution < 1.29 is 9.47 Å². The van der Waals surface area contributed by atoms with Crippen LogP contribution in [0.5, 0.6) is 5.88 Å². The molecule has 3 rings (SSSR count). The largest absolute Gasteiger partial charge is 0.477 e. The molecule has 0 amide bonds. The van der Waals surface area contributed by atoms with Gasteiger partial charge in [0.25, 0.3) is 0 Å². The quantitative estimate of drug-likeness (QED) is 0.693. The van der Waals surface area contributed by atoms with Crippen LogP contribution in [0.4, 0.5) is 5.95 Å². The van der Waals surface area contributed by atoms with Crippen molar-refractivity contribution in [1.82, 2.24) is 15.0 Å². The molecule has 3 heterocycles. The molecule has 2 aromatic rings. The first-order chi connectivity index (χ1) is 12.2. The average Bonchev–Trinajstić information content (AvgIpc) is 3.08. The molecule has 1 unspecified atom stereocenters. The van der Waals surface area contributed by atoms with Crippen molar-refractivity contribution in [2.45, 2.75) is 32.7 Å². The SMILES string of the molecule is CCOc1nc(NC(C=NC2CCCOC2)=C(C)N)nc2[nH]ccc12. The highest BCUT2D eigenvalue weighted by molar-refractivity contribution is 5.85. The zero-order chi connectivity index (χ0) is 17.6. The van der Waals surface area contributed by atoms with Crippen molar-refractivity contribution >= 4 is 23.2 Å². The third-order valence-corrected chi connectivity index (χ3v) is 3.88. The van der Waals surface area contributed by atoms with Crippen LogP contribution in [0.15, 0.2) is 28.6 Å². The summed E-state index contributed by atoms with van der Waals surface area (Å²) >= 11 is 0. The molecule has 1 fully saturated rings. The van der Waals surface area contributed by atoms with Crippen molar-refractivity contribution in [1.29, 1.82) is 0 Å². The minimum atomic E-state index is 0.163. The molecule has 1 aliphatic heterocycles. The number of hydrogen-bond acceptors (Lipinski definition) is 7. The minimum Gasteiger partial charge on any atom is -0.477 e. The molecule has 0 spiro atoms. The number of ether oxygens (including phenoxy) is 2. The number of nitrogens with one attached hydrogen (secondary N) is 2. The molecule has 0 radical (unpaired) electrons. The van der Waals surface area contributed by atoms with Gasteiger partial charge in [0.2, 0.25) is 11.8 Å². The predicted octanol–water partition coefficient (Wildman–Crippen LogP) is 2.21. The maximum atomic E-state index is 5.99. The highest BCUT2D eigenvalue weighted by Crippen LogP contribution is 2.23. The Labute approximate surface area is 146 Å². The van der Waals surface area contributed by atoms with Gasteiger partial charge >= 0.3 is 0 Å². The lowest BCUT2D eigenvalue weighted by Gasteiger charge is -2.18. The molecular formula is C17H24N6O2. The smallest absolute Gasteiger partial charge is 0.232 e. The van der Waals surface area contributed by atoms with Crippen molar-refractivity contribution in [3.8, 4) is 5.88 Å². The number of aromatic amines is 1. The third kappa shape index (κ3) is 4.27. The summed E-state index contributed by atoms with van der Waals surface area (Å²) in [6.07, 6.45) is 5.59. The molecule has 134 valence electrons. The summed E-state index contributed by atoms with van der Waals surface area (Å²) in [6, 6.07) is 2.05. The lowest BCUT2D eigenvalue weighted by atomic mass is 10.1. The van der Waals surface area contributed by atoms with Gasteiger partial charge in [-0.15, -0.1) is 0 Å². The van der Waals surface area contributed by atoms with Crippen LogP contribution in [0.3, 0.4) is 0 Å². The van der Waals surface area contributed by atoms with E-state index in [4.69, 9.17) is 15.2 Å². The van der Waals surface area contributed by atoms with Gasteiger partial charge in [-0.1, -0.05) is 0 Å². The molecule has 25 heavy (non-hydrogen) atoms. The Morgan fingerprint density at radius 2 is 2.44 bits per heavy atom. The Bertz CT molecular complexity index is 773. The topological polar surface area (TPSA) is 110 Å². The van der Waals surface area contributed by atoms with E-state index in [1.807, 2.05) is 19.9 Å². The van der Waals surface area contributed by atoms with E-state index in [0.29, 0.717) is 42.1 Å². The summed E-state index contributed by atoms with van der Waals surface area (Å²) in [6.45, 7) is 5.71. The van der Waals surface area contributed by atoms with E-state index >= 15 is 0 Å². The molecule has 1 saturated heterocycles. The number of aliphatic imine (C=N–C) groups is 1. The molecular weight excluding hydrogens is 320 g/mol. The maximum absolute atomic E-state index is 5.99. The second-order valence-electron chi connectivity index (χ2n) is 5.90. The fourth-order valence-corrected chi connectivity index (χ4v) is 2.59. The van der Waals surface area contributed by atoms with E-state index in [1.54, 1.807) is 12.4 Å². The number of hydrogen-bond donors (Lipinski definition) is 3. The molecule has 0 saturated carbocycles. The lowest BCUT2D eigenvalue weighted by Crippen LogP contribution is -2.21. The average molecular weight is 344 g/mol. The first-order valence-electron chi connectivity index (χ1n) is 8.49. The predicted molar refractivity (Wildman–Crippen MR) is 97.9 cm³/mol. The summed E-state index contributed by atoms with van der Waals surface area (Å²) in [4.78, 5) is 16.5. The van der Waals surface area contributed by atoms with Crippen molar-refractivity contribution in [3.63, 3.8) is 0 Å². The Kier molecular flexibility index (Phi) is 5.49. The van der Waals surface area contributed by atoms with Crippen LogP contribution in [-0.4, -0.2) is 47.0 Å². The minimum absolute atomic E-state index is 0.163. The van der Waals surface area contributed by atoms with Crippen molar-refractivity contribution in [2.24, 2.45) is 10.7 Å². The monoisotopic (exact) mass is 344 g/mol. The van der Waals surface area contributed by atoms with Gasteiger partial charge in [-0.25, -0.2) is 0 Å². The van der Waals surface area contributed by atoms with Crippen molar-refractivity contribution in [2.75, 3.05) is 25.1 Å². The molecule has 1 atom stereocenters. The third-order valence-electron chi connectivity index (χ3n) is 3.88. The Hall–Kier alpha value is -2.61. The van der Waals surface area contributed by atoms with E-state index in [1.165, 1.54) is 0 Å². The van der Waals surface area contributed by atoms with Gasteiger partial charge in [0.15, 0.2) is 0 Å². The van der Waals surface area contributed by atoms with Gasteiger partial charge in [0.1, 0.15) is 5.65 Å². The summed E-state index contributed by atoms with van der Waals surface area (Å²) < 4.78 is 11.1. The molecule has 4 N–H and O–H groups in total. The van der Waals surface area contributed by atoms with E-state index in [-0.39, 0.29) is 6.04 Å². The normalized spacial score (nSPS) is 19.2. The number of nitrogens with zero attached hydrogens (tertiary/aromatic N) is 3. The van der Waals surface area contributed by atoms with E-state index in [0.717, 1.165) is 24.8 Å². The zero-order valence-electron chi connectivity index (χ0n) is 14.6. The summed E-state index contributed by atoms with van der Waals surface area (Å²) in [5.41, 5.74) is 7.96. The van der Waals surface area contributed by atoms with Gasteiger partial charge < -0.3 is 25.5 Å². The second kappa shape index (κ2) is 7.98. The van der Waals surface area contributed by atoms with Crippen LogP contribution >= 0.6 is 0 Å². The summed E-state index contributed by atoms with van der Waals surface area (Å²) in [7, 11) is 0. The molecule has 0 bridgehead atoms. The molecule has 0 aromatic carbocycles. The number of nitrogens with two attached hydrogens (primary N) is 1. The van der Waals surface area contributed by atoms with E-state index in [2.05, 4.69) is 25.3 Å². The van der Waals surface area contributed by atoms with Gasteiger partial charge in [-0.2, -0.15) is 9.97 Å². The van der Waals surface area contributed by atoms with Crippen molar-refractivity contribution in [3.05, 3.63) is 23.7 Å². The molecule has 2 aromatic heterocycles. The standard InChI is InChI=1S/C17H24N6O2/c1-3-25-16-13-6-7-19-15(13)22-17(23-16)21-14(11(2)18)9-20-12-5-4-8-24-10-12/h6-7,9,12H,3-5,8,10,18H2,1-2H3,(H2,19,21,22,23). The van der Waals surface area contributed by atoms with Crippen LogP contribution in [0.1, 0.15) is 26.7 Å². The van der Waals surface area contributed by atoms with Crippen LogP contribution in [-0.2, 0) is 4.74 Å². The zero-order valence-corrected chi connectivity index (χ0v) is 14.6. The second-order valence-corrected chi connectivity index (χ2v) is 5.90. The number of rotatable bonds is 6. The number of allylic oxidation sites excluding steroid dienone is 2. The van der Waals surface area contributed by atoms with Crippen LogP contribution in [0.2, 0.25) is 0 Å². The summed E-state index contributed by atoms with van der Waals surface area (Å²) in [5, 5.41) is 3.98. The fraction of sp³-hybridized carbons (Fsp3) is 0.471. The lowest BCUT2D eigenvalue weighted by molar-refractivity contribution is 0.0830. The Balaban J connectivity index is 1.81. The summed E-state index contributed by atoms with van der Waals surface area (Å²) in [5.74, 6) is 0.937. The van der Waals surface area contributed by atoms with E-state index in [9.17, 15) is 0 Å². The van der Waals surface area contributed by atoms with Gasteiger partial charge in [0, 0.05) is 24.7 Å². The van der Waals surface area contributed by atoms with Gasteiger partial charge in [-0.05, 0) is 32.8 Å². The van der Waals surface area contributed by atoms with Crippen LogP contribution < -0.4 is 15.8 Å². The number of H-pyrrole nitrogens is 1. The highest BCUT2D eigenvalue weighted by atomic mass is 16.5. The fourth-order valence-electron chi connectivity index (χ4n) is 2.59. The first-order valence-corrected chi connectivity index (χ1v) is 8.49. The molecule has 1 aliphatic rings. The Morgan fingerprint density at radius 1 is 1.56 bits per heavy atom. The number of anilines is 1. The maximum Gasteiger partial charge on any atom is 0.232 e. The first kappa shape index (κ1) is 17.2. The number of fused-ring (bicyclic) bond motifs is 1. The van der Waals surface area contributed by atoms with Gasteiger partial charge in [0.05, 0.1) is 30.3 Å². The Morgan fingerprint density at radius 3 is 3.16 bits per heavy atom. The molecule has 0 aliphatic carbocycles. The molecule has 8 nitrogen and oxygen atoms in total. The van der Waals surface area contributed by atoms with Crippen LogP contribution in [0.25, 0.3) is 11.0 Å². The van der Waals surface area contributed by atoms with E-state index < -0.39 is 0 Å². The highest BCUT2D eigenvalue weighted by Gasteiger charge is 2.13. The van der Waals surface area contributed by atoms with Gasteiger partial charge in [-0.3, -0.25) is 4.99 Å². The number of aromatic nitrogens is 3. The molecule has 8 heteroatoms.